The normalized spacial score (nSPS) is 27.4. The van der Waals surface area contributed by atoms with Gasteiger partial charge in [-0.25, -0.2) is 0 Å². The van der Waals surface area contributed by atoms with Crippen LogP contribution in [0, 0.1) is 11.3 Å². The summed E-state index contributed by atoms with van der Waals surface area (Å²) in [5.74, 6) is 1.43. The fraction of sp³-hybridized carbons (Fsp3) is 0.944. The largest absolute Gasteiger partial charge is 0.391 e. The lowest BCUT2D eigenvalue weighted by atomic mass is 9.80. The van der Waals surface area contributed by atoms with Crippen molar-refractivity contribution in [2.45, 2.75) is 57.5 Å². The molecule has 0 amide bonds. The molecule has 1 saturated carbocycles. The van der Waals surface area contributed by atoms with E-state index in [1.807, 2.05) is 7.05 Å². The van der Waals surface area contributed by atoms with Gasteiger partial charge in [-0.1, -0.05) is 19.3 Å². The molecule has 3 aliphatic rings. The van der Waals surface area contributed by atoms with Crippen LogP contribution in [0.2, 0.25) is 0 Å². The molecule has 0 aromatic rings. The molecule has 5 heteroatoms. The summed E-state index contributed by atoms with van der Waals surface area (Å²) in [5, 5.41) is 13.9. The Kier molecular flexibility index (Phi) is 5.81. The number of aliphatic hydroxyl groups is 1. The van der Waals surface area contributed by atoms with Gasteiger partial charge in [0.05, 0.1) is 6.10 Å². The van der Waals surface area contributed by atoms with Crippen LogP contribution in [0.3, 0.4) is 0 Å². The number of ether oxygens (including phenoxy) is 1. The average Bonchev–Trinajstić information content (AvgIpc) is 3.00. The van der Waals surface area contributed by atoms with Crippen molar-refractivity contribution in [3.63, 3.8) is 0 Å². The molecule has 132 valence electrons. The van der Waals surface area contributed by atoms with E-state index in [1.54, 1.807) is 0 Å². The van der Waals surface area contributed by atoms with Gasteiger partial charge in [0.15, 0.2) is 5.96 Å². The van der Waals surface area contributed by atoms with Gasteiger partial charge < -0.3 is 20.1 Å². The Morgan fingerprint density at radius 2 is 2.00 bits per heavy atom. The zero-order valence-electron chi connectivity index (χ0n) is 14.6. The summed E-state index contributed by atoms with van der Waals surface area (Å²) in [5.41, 5.74) is 0.428. The molecule has 2 N–H and O–H groups in total. The van der Waals surface area contributed by atoms with Crippen LogP contribution in [-0.4, -0.2) is 62.0 Å². The summed E-state index contributed by atoms with van der Waals surface area (Å²) in [4.78, 5) is 6.83. The zero-order chi connectivity index (χ0) is 16.1. The van der Waals surface area contributed by atoms with Crippen molar-refractivity contribution < 1.29 is 9.84 Å². The Balaban J connectivity index is 1.48. The first-order valence-corrected chi connectivity index (χ1v) is 9.44. The van der Waals surface area contributed by atoms with Crippen LogP contribution in [0.25, 0.3) is 0 Å². The Morgan fingerprint density at radius 3 is 2.70 bits per heavy atom. The van der Waals surface area contributed by atoms with Gasteiger partial charge in [-0.2, -0.15) is 0 Å². The SMILES string of the molecule is CN=C(NCC(O)C1CCCCC1)N1CCC2(CCOCC2)C1. The van der Waals surface area contributed by atoms with E-state index in [0.29, 0.717) is 17.9 Å². The van der Waals surface area contributed by atoms with E-state index in [2.05, 4.69) is 15.2 Å². The van der Waals surface area contributed by atoms with E-state index in [-0.39, 0.29) is 6.10 Å². The Hall–Kier alpha value is -0.810. The number of guanidine groups is 1. The number of rotatable bonds is 3. The van der Waals surface area contributed by atoms with E-state index < -0.39 is 0 Å². The maximum atomic E-state index is 10.5. The minimum atomic E-state index is -0.244. The molecular formula is C18H33N3O2. The summed E-state index contributed by atoms with van der Waals surface area (Å²) in [6, 6.07) is 0. The Morgan fingerprint density at radius 1 is 1.26 bits per heavy atom. The maximum absolute atomic E-state index is 10.5. The standard InChI is InChI=1S/C18H33N3O2/c1-19-17(20-13-16(22)15-5-3-2-4-6-15)21-10-7-18(14-21)8-11-23-12-9-18/h15-16,22H,2-14H2,1H3,(H,19,20). The number of aliphatic hydroxyl groups excluding tert-OH is 1. The zero-order valence-corrected chi connectivity index (χ0v) is 14.6. The first-order chi connectivity index (χ1) is 11.2. The molecule has 1 spiro atoms. The van der Waals surface area contributed by atoms with Crippen LogP contribution in [0.1, 0.15) is 51.4 Å². The van der Waals surface area contributed by atoms with Gasteiger partial charge in [0.1, 0.15) is 0 Å². The third kappa shape index (κ3) is 4.18. The van der Waals surface area contributed by atoms with Crippen molar-refractivity contribution in [3.05, 3.63) is 0 Å². The highest BCUT2D eigenvalue weighted by atomic mass is 16.5. The van der Waals surface area contributed by atoms with Crippen LogP contribution in [0.15, 0.2) is 4.99 Å². The van der Waals surface area contributed by atoms with Crippen LogP contribution in [-0.2, 0) is 4.74 Å². The van der Waals surface area contributed by atoms with Crippen LogP contribution < -0.4 is 5.32 Å². The average molecular weight is 323 g/mol. The number of hydrogen-bond acceptors (Lipinski definition) is 3. The highest BCUT2D eigenvalue weighted by Crippen LogP contribution is 2.39. The summed E-state index contributed by atoms with van der Waals surface area (Å²) in [6.07, 6.45) is 9.56. The molecule has 1 aliphatic carbocycles. The lowest BCUT2D eigenvalue weighted by Crippen LogP contribution is -2.45. The molecule has 5 nitrogen and oxygen atoms in total. The molecule has 2 aliphatic heterocycles. The Labute approximate surface area is 140 Å². The van der Waals surface area contributed by atoms with E-state index in [0.717, 1.165) is 32.3 Å². The third-order valence-corrected chi connectivity index (χ3v) is 6.17. The predicted octanol–water partition coefficient (Wildman–Crippen LogP) is 2.01. The van der Waals surface area contributed by atoms with Crippen molar-refractivity contribution in [1.29, 1.82) is 0 Å². The quantitative estimate of drug-likeness (QED) is 0.616. The predicted molar refractivity (Wildman–Crippen MR) is 92.6 cm³/mol. The van der Waals surface area contributed by atoms with Crippen LogP contribution >= 0.6 is 0 Å². The number of nitrogens with zero attached hydrogens (tertiary/aromatic N) is 2. The van der Waals surface area contributed by atoms with Gasteiger partial charge in [-0.3, -0.25) is 4.99 Å². The molecule has 0 aromatic heterocycles. The minimum absolute atomic E-state index is 0.244. The Bertz CT molecular complexity index is 401. The monoisotopic (exact) mass is 323 g/mol. The number of aliphatic imine (C=N–C) groups is 1. The van der Waals surface area contributed by atoms with Crippen molar-refractivity contribution >= 4 is 5.96 Å². The molecule has 1 atom stereocenters. The molecular weight excluding hydrogens is 290 g/mol. The lowest BCUT2D eigenvalue weighted by molar-refractivity contribution is 0.0217. The van der Waals surface area contributed by atoms with E-state index >= 15 is 0 Å². The highest BCUT2D eigenvalue weighted by Gasteiger charge is 2.40. The molecule has 23 heavy (non-hydrogen) atoms. The molecule has 3 fully saturated rings. The molecule has 3 rings (SSSR count). The lowest BCUT2D eigenvalue weighted by Gasteiger charge is -2.34. The van der Waals surface area contributed by atoms with E-state index in [9.17, 15) is 5.11 Å². The molecule has 2 heterocycles. The summed E-state index contributed by atoms with van der Waals surface area (Å²) in [6.45, 7) is 4.58. The van der Waals surface area contributed by atoms with Crippen molar-refractivity contribution in [2.75, 3.05) is 39.9 Å². The summed E-state index contributed by atoms with van der Waals surface area (Å²) < 4.78 is 5.53. The van der Waals surface area contributed by atoms with Gasteiger partial charge >= 0.3 is 0 Å². The smallest absolute Gasteiger partial charge is 0.193 e. The first-order valence-electron chi connectivity index (χ1n) is 9.44. The minimum Gasteiger partial charge on any atom is -0.391 e. The first kappa shape index (κ1) is 17.0. The third-order valence-electron chi connectivity index (χ3n) is 6.17. The second kappa shape index (κ2) is 7.84. The van der Waals surface area contributed by atoms with Crippen LogP contribution in [0.5, 0.6) is 0 Å². The molecule has 1 unspecified atom stereocenters. The number of hydrogen-bond donors (Lipinski definition) is 2. The summed E-state index contributed by atoms with van der Waals surface area (Å²) in [7, 11) is 1.85. The second-order valence-corrected chi connectivity index (χ2v) is 7.68. The number of likely N-dealkylation sites (tertiary alicyclic amines) is 1. The van der Waals surface area contributed by atoms with Gasteiger partial charge in [0.25, 0.3) is 0 Å². The molecule has 0 radical (unpaired) electrons. The van der Waals surface area contributed by atoms with Gasteiger partial charge in [0, 0.05) is 39.9 Å². The van der Waals surface area contributed by atoms with Crippen molar-refractivity contribution in [3.8, 4) is 0 Å². The van der Waals surface area contributed by atoms with Gasteiger partial charge in [-0.05, 0) is 43.4 Å². The van der Waals surface area contributed by atoms with Crippen LogP contribution in [0.4, 0.5) is 0 Å². The van der Waals surface area contributed by atoms with E-state index in [4.69, 9.17) is 4.74 Å². The second-order valence-electron chi connectivity index (χ2n) is 7.68. The maximum Gasteiger partial charge on any atom is 0.193 e. The molecule has 0 bridgehead atoms. The van der Waals surface area contributed by atoms with Gasteiger partial charge in [0.2, 0.25) is 0 Å². The van der Waals surface area contributed by atoms with Crippen molar-refractivity contribution in [1.82, 2.24) is 10.2 Å². The molecule has 2 saturated heterocycles. The van der Waals surface area contributed by atoms with Gasteiger partial charge in [-0.15, -0.1) is 0 Å². The summed E-state index contributed by atoms with van der Waals surface area (Å²) >= 11 is 0. The highest BCUT2D eigenvalue weighted by molar-refractivity contribution is 5.80. The van der Waals surface area contributed by atoms with E-state index in [1.165, 1.54) is 51.4 Å². The topological polar surface area (TPSA) is 57.1 Å². The fourth-order valence-corrected chi connectivity index (χ4v) is 4.54. The fourth-order valence-electron chi connectivity index (χ4n) is 4.54. The number of nitrogens with one attached hydrogen (secondary N) is 1. The molecule has 0 aromatic carbocycles. The van der Waals surface area contributed by atoms with Crippen molar-refractivity contribution in [2.24, 2.45) is 16.3 Å².